The van der Waals surface area contributed by atoms with Crippen LogP contribution in [0.15, 0.2) is 57.5 Å². The Morgan fingerprint density at radius 2 is 2.06 bits per heavy atom. The molecule has 2 heterocycles. The van der Waals surface area contributed by atoms with E-state index in [-0.39, 0.29) is 11.8 Å². The summed E-state index contributed by atoms with van der Waals surface area (Å²) in [6.45, 7) is 1.88. The van der Waals surface area contributed by atoms with Crippen molar-refractivity contribution < 1.29 is 17.7 Å². The fourth-order valence-electron chi connectivity index (χ4n) is 3.88. The number of nitrogens with one attached hydrogen (secondary N) is 1. The maximum Gasteiger partial charge on any atom is 0.241 e. The number of amides is 1. The maximum absolute atomic E-state index is 12.9. The molecule has 0 aliphatic carbocycles. The molecule has 34 heavy (non-hydrogen) atoms. The molecule has 9 nitrogen and oxygen atoms in total. The van der Waals surface area contributed by atoms with Crippen LogP contribution in [0.25, 0.3) is 11.4 Å². The van der Waals surface area contributed by atoms with Gasteiger partial charge in [0.2, 0.25) is 27.6 Å². The molecule has 1 aliphatic rings. The van der Waals surface area contributed by atoms with Gasteiger partial charge >= 0.3 is 0 Å². The Balaban J connectivity index is 1.37. The predicted octanol–water partition coefficient (Wildman–Crippen LogP) is 3.75. The highest BCUT2D eigenvalue weighted by Crippen LogP contribution is 2.24. The van der Waals surface area contributed by atoms with Crippen LogP contribution in [0.3, 0.4) is 0 Å². The number of hydrogen-bond donors (Lipinski definition) is 1. The van der Waals surface area contributed by atoms with Crippen molar-refractivity contribution in [2.45, 2.75) is 19.4 Å². The average molecular weight is 548 g/mol. The molecule has 3 aromatic rings. The molecular weight excluding hydrogens is 522 g/mol. The van der Waals surface area contributed by atoms with E-state index in [0.717, 1.165) is 35.7 Å². The van der Waals surface area contributed by atoms with E-state index in [1.54, 1.807) is 24.3 Å². The molecule has 1 fully saturated rings. The number of likely N-dealkylation sites (tertiary alicyclic amines) is 1. The number of anilines is 2. The Labute approximate surface area is 207 Å². The normalized spacial score (nSPS) is 16.9. The second-order valence-electron chi connectivity index (χ2n) is 8.37. The second kappa shape index (κ2) is 10.2. The van der Waals surface area contributed by atoms with Crippen LogP contribution in [0.1, 0.15) is 18.7 Å². The number of sulfonamides is 1. The van der Waals surface area contributed by atoms with Gasteiger partial charge in [-0.25, -0.2) is 8.42 Å². The van der Waals surface area contributed by atoms with Crippen LogP contribution in [0.4, 0.5) is 11.4 Å². The molecule has 1 aromatic heterocycles. The summed E-state index contributed by atoms with van der Waals surface area (Å²) in [4.78, 5) is 19.6. The molecule has 2 aromatic carbocycles. The Hall–Kier alpha value is -2.76. The highest BCUT2D eigenvalue weighted by Gasteiger charge is 2.27. The van der Waals surface area contributed by atoms with Crippen LogP contribution in [0.2, 0.25) is 0 Å². The zero-order valence-corrected chi connectivity index (χ0v) is 21.3. The Morgan fingerprint density at radius 1 is 1.26 bits per heavy atom. The monoisotopic (exact) mass is 547 g/mol. The standard InChI is InChI=1S/C23H26BrN5O4S/c1-28(34(2,31)32)20-10-4-9-19(13-20)25-23(30)17-7-5-11-29(14-17)15-21-26-22(27-33-21)16-6-3-8-18(24)12-16/h3-4,6,8-10,12-13,17H,5,7,11,14-15H2,1-2H3,(H,25,30). The number of carbonyl (C=O) groups excluding carboxylic acids is 1. The smallest absolute Gasteiger partial charge is 0.241 e. The molecule has 1 amide bonds. The Kier molecular flexibility index (Phi) is 7.34. The van der Waals surface area contributed by atoms with Gasteiger partial charge < -0.3 is 9.84 Å². The van der Waals surface area contributed by atoms with Crippen LogP contribution in [0.5, 0.6) is 0 Å². The number of nitrogens with zero attached hydrogens (tertiary/aromatic N) is 4. The van der Waals surface area contributed by atoms with Gasteiger partial charge in [0.1, 0.15) is 0 Å². The minimum absolute atomic E-state index is 0.0933. The lowest BCUT2D eigenvalue weighted by molar-refractivity contribution is -0.121. The molecule has 1 unspecified atom stereocenters. The number of aromatic nitrogens is 2. The van der Waals surface area contributed by atoms with Gasteiger partial charge in [0.25, 0.3) is 0 Å². The molecule has 0 radical (unpaired) electrons. The van der Waals surface area contributed by atoms with Crippen LogP contribution in [-0.2, 0) is 21.4 Å². The van der Waals surface area contributed by atoms with E-state index in [4.69, 9.17) is 4.52 Å². The van der Waals surface area contributed by atoms with Crippen molar-refractivity contribution in [1.82, 2.24) is 15.0 Å². The number of rotatable bonds is 7. The summed E-state index contributed by atoms with van der Waals surface area (Å²) in [5, 5.41) is 7.01. The largest absolute Gasteiger partial charge is 0.338 e. The molecular formula is C23H26BrN5O4S. The van der Waals surface area contributed by atoms with E-state index in [1.165, 1.54) is 11.4 Å². The third-order valence-corrected chi connectivity index (χ3v) is 7.46. The molecule has 0 spiro atoms. The fraction of sp³-hybridized carbons (Fsp3) is 0.348. The van der Waals surface area contributed by atoms with Crippen molar-refractivity contribution in [3.05, 3.63) is 58.9 Å². The molecule has 1 N–H and O–H groups in total. The first-order valence-corrected chi connectivity index (χ1v) is 13.5. The molecule has 11 heteroatoms. The lowest BCUT2D eigenvalue weighted by atomic mass is 9.97. The Bertz CT molecular complexity index is 1280. The third kappa shape index (κ3) is 6.02. The molecule has 1 atom stereocenters. The van der Waals surface area contributed by atoms with E-state index in [1.807, 2.05) is 24.3 Å². The SMILES string of the molecule is CN(c1cccc(NC(=O)C2CCCN(Cc3nc(-c4cccc(Br)c4)no3)C2)c1)S(C)(=O)=O. The predicted molar refractivity (Wildman–Crippen MR) is 134 cm³/mol. The van der Waals surface area contributed by atoms with Gasteiger partial charge in [-0.3, -0.25) is 14.0 Å². The first-order chi connectivity index (χ1) is 16.2. The van der Waals surface area contributed by atoms with Crippen molar-refractivity contribution in [1.29, 1.82) is 0 Å². The molecule has 180 valence electrons. The second-order valence-corrected chi connectivity index (χ2v) is 11.3. The van der Waals surface area contributed by atoms with Crippen LogP contribution < -0.4 is 9.62 Å². The number of piperidine rings is 1. The summed E-state index contributed by atoms with van der Waals surface area (Å²) in [5.74, 6) is 0.746. The lowest BCUT2D eigenvalue weighted by Crippen LogP contribution is -2.40. The first-order valence-electron chi connectivity index (χ1n) is 10.8. The average Bonchev–Trinajstić information content (AvgIpc) is 3.27. The van der Waals surface area contributed by atoms with Gasteiger partial charge in [-0.05, 0) is 49.7 Å². The number of hydrogen-bond acceptors (Lipinski definition) is 7. The first kappa shape index (κ1) is 24.4. The number of benzene rings is 2. The lowest BCUT2D eigenvalue weighted by Gasteiger charge is -2.31. The van der Waals surface area contributed by atoms with Gasteiger partial charge in [-0.1, -0.05) is 39.3 Å². The van der Waals surface area contributed by atoms with Crippen molar-refractivity contribution in [2.75, 3.05) is 36.0 Å². The molecule has 4 rings (SSSR count). The molecule has 0 saturated carbocycles. The summed E-state index contributed by atoms with van der Waals surface area (Å²) in [6.07, 6.45) is 2.79. The van der Waals surface area contributed by atoms with Gasteiger partial charge in [-0.15, -0.1) is 0 Å². The van der Waals surface area contributed by atoms with E-state index >= 15 is 0 Å². The van der Waals surface area contributed by atoms with E-state index < -0.39 is 10.0 Å². The highest BCUT2D eigenvalue weighted by atomic mass is 79.9. The van der Waals surface area contributed by atoms with Gasteiger partial charge in [-0.2, -0.15) is 4.98 Å². The van der Waals surface area contributed by atoms with E-state index in [9.17, 15) is 13.2 Å². The van der Waals surface area contributed by atoms with Crippen LogP contribution >= 0.6 is 15.9 Å². The molecule has 0 bridgehead atoms. The zero-order valence-electron chi connectivity index (χ0n) is 18.9. The number of halogens is 1. The Morgan fingerprint density at radius 3 is 2.82 bits per heavy atom. The summed E-state index contributed by atoms with van der Waals surface area (Å²) in [5.41, 5.74) is 1.91. The summed E-state index contributed by atoms with van der Waals surface area (Å²) in [7, 11) is -1.90. The summed E-state index contributed by atoms with van der Waals surface area (Å²) < 4.78 is 31.2. The van der Waals surface area contributed by atoms with Crippen molar-refractivity contribution in [3.63, 3.8) is 0 Å². The van der Waals surface area contributed by atoms with Crippen molar-refractivity contribution >= 4 is 43.2 Å². The maximum atomic E-state index is 12.9. The quantitative estimate of drug-likeness (QED) is 0.479. The fourth-order valence-corrected chi connectivity index (χ4v) is 4.78. The van der Waals surface area contributed by atoms with Crippen LogP contribution in [-0.4, -0.2) is 55.8 Å². The van der Waals surface area contributed by atoms with Crippen molar-refractivity contribution in [2.24, 2.45) is 5.92 Å². The van der Waals surface area contributed by atoms with E-state index in [2.05, 4.69) is 36.3 Å². The topological polar surface area (TPSA) is 109 Å². The zero-order chi connectivity index (χ0) is 24.3. The van der Waals surface area contributed by atoms with Crippen LogP contribution in [0, 0.1) is 5.92 Å². The number of carbonyl (C=O) groups is 1. The van der Waals surface area contributed by atoms with Gasteiger partial charge in [0.05, 0.1) is 24.4 Å². The van der Waals surface area contributed by atoms with Gasteiger partial charge in [0, 0.05) is 29.3 Å². The van der Waals surface area contributed by atoms with Crippen molar-refractivity contribution in [3.8, 4) is 11.4 Å². The van der Waals surface area contributed by atoms with Gasteiger partial charge in [0.15, 0.2) is 0 Å². The minimum atomic E-state index is -3.39. The highest BCUT2D eigenvalue weighted by molar-refractivity contribution is 9.10. The molecule has 1 saturated heterocycles. The molecule has 1 aliphatic heterocycles. The summed E-state index contributed by atoms with van der Waals surface area (Å²) in [6, 6.07) is 14.5. The third-order valence-electron chi connectivity index (χ3n) is 5.76. The van der Waals surface area contributed by atoms with E-state index in [0.29, 0.717) is 36.2 Å². The summed E-state index contributed by atoms with van der Waals surface area (Å²) >= 11 is 3.45. The minimum Gasteiger partial charge on any atom is -0.338 e.